The summed E-state index contributed by atoms with van der Waals surface area (Å²) in [5.41, 5.74) is 2.22. The fourth-order valence-corrected chi connectivity index (χ4v) is 1.84. The van der Waals surface area contributed by atoms with Gasteiger partial charge in [0.15, 0.2) is 5.58 Å². The summed E-state index contributed by atoms with van der Waals surface area (Å²) in [6.45, 7) is 0.197. The number of benzene rings is 1. The maximum Gasteiger partial charge on any atom is 0.300 e. The molecule has 1 amide bonds. The van der Waals surface area contributed by atoms with Gasteiger partial charge in [0, 0.05) is 20.3 Å². The molecule has 0 bridgehead atoms. The topological polar surface area (TPSA) is 76.2 Å². The van der Waals surface area contributed by atoms with Crippen LogP contribution in [0, 0.1) is 0 Å². The number of carbonyl (C=O) groups excluding carboxylic acids is 1. The van der Waals surface area contributed by atoms with Crippen molar-refractivity contribution in [2.24, 2.45) is 0 Å². The Morgan fingerprint density at radius 1 is 1.38 bits per heavy atom. The quantitative estimate of drug-likeness (QED) is 0.791. The molecule has 1 N–H and O–H groups in total. The fourth-order valence-electron chi connectivity index (χ4n) is 1.84. The van der Waals surface area contributed by atoms with Crippen molar-refractivity contribution in [3.8, 4) is 0 Å². The Morgan fingerprint density at radius 2 is 2.19 bits per heavy atom. The minimum absolute atomic E-state index is 0.0217. The van der Waals surface area contributed by atoms with Gasteiger partial charge in [0.1, 0.15) is 12.1 Å². The maximum atomic E-state index is 11.6. The summed E-state index contributed by atoms with van der Waals surface area (Å²) in [7, 11) is 3.42. The predicted octanol–water partition coefficient (Wildman–Crippen LogP) is 1.86. The first-order valence-corrected chi connectivity index (χ1v) is 6.47. The molecular formula is C14H15N5O2. The van der Waals surface area contributed by atoms with Crippen LogP contribution in [0.15, 0.2) is 41.1 Å². The predicted molar refractivity (Wildman–Crippen MR) is 78.2 cm³/mol. The number of carbonyl (C=O) groups is 1. The van der Waals surface area contributed by atoms with E-state index in [1.54, 1.807) is 31.2 Å². The zero-order valence-electron chi connectivity index (χ0n) is 11.8. The Hall–Kier alpha value is -2.83. The molecule has 0 fully saturated rings. The van der Waals surface area contributed by atoms with Crippen LogP contribution in [0.4, 0.5) is 11.7 Å². The number of anilines is 2. The summed E-state index contributed by atoms with van der Waals surface area (Å²) in [6, 6.07) is 7.92. The molecule has 7 nitrogen and oxygen atoms in total. The molecule has 2 aromatic heterocycles. The molecule has 0 radical (unpaired) electrons. The van der Waals surface area contributed by atoms with E-state index in [9.17, 15) is 4.79 Å². The summed E-state index contributed by atoms with van der Waals surface area (Å²) in [4.78, 5) is 17.5. The van der Waals surface area contributed by atoms with Gasteiger partial charge in [-0.25, -0.2) is 0 Å². The average molecular weight is 285 g/mol. The summed E-state index contributed by atoms with van der Waals surface area (Å²) >= 11 is 0. The molecule has 3 aromatic rings. The zero-order chi connectivity index (χ0) is 14.8. The molecule has 0 spiro atoms. The highest BCUT2D eigenvalue weighted by Gasteiger charge is 2.09. The molecule has 0 saturated heterocycles. The van der Waals surface area contributed by atoms with E-state index in [-0.39, 0.29) is 12.5 Å². The minimum atomic E-state index is -0.0217. The van der Waals surface area contributed by atoms with Crippen molar-refractivity contribution in [1.82, 2.24) is 19.7 Å². The monoisotopic (exact) mass is 285 g/mol. The van der Waals surface area contributed by atoms with Crippen molar-refractivity contribution in [2.45, 2.75) is 6.54 Å². The van der Waals surface area contributed by atoms with Gasteiger partial charge in [-0.3, -0.25) is 9.48 Å². The standard InChI is InChI=1S/C14H15N5O2/c1-18(2)13(20)9-19-8-10(7-15-19)16-14-17-11-5-3-4-6-12(11)21-14/h3-8H,9H2,1-2H3,(H,16,17). The molecule has 0 unspecified atom stereocenters. The molecule has 3 rings (SSSR count). The van der Waals surface area contributed by atoms with Gasteiger partial charge in [0.05, 0.1) is 11.9 Å². The van der Waals surface area contributed by atoms with E-state index in [0.29, 0.717) is 11.7 Å². The lowest BCUT2D eigenvalue weighted by molar-refractivity contribution is -0.129. The number of aromatic nitrogens is 3. The highest BCUT2D eigenvalue weighted by atomic mass is 16.4. The van der Waals surface area contributed by atoms with Gasteiger partial charge in [0.2, 0.25) is 5.91 Å². The van der Waals surface area contributed by atoms with Gasteiger partial charge in [0.25, 0.3) is 6.01 Å². The smallest absolute Gasteiger partial charge is 0.300 e. The summed E-state index contributed by atoms with van der Waals surface area (Å²) in [6.07, 6.45) is 3.36. The Balaban J connectivity index is 1.73. The van der Waals surface area contributed by atoms with E-state index in [4.69, 9.17) is 4.42 Å². The van der Waals surface area contributed by atoms with Crippen LogP contribution in [-0.2, 0) is 11.3 Å². The van der Waals surface area contributed by atoms with E-state index in [1.165, 1.54) is 4.90 Å². The number of oxazole rings is 1. The van der Waals surface area contributed by atoms with Gasteiger partial charge in [-0.05, 0) is 12.1 Å². The number of rotatable bonds is 4. The fraction of sp³-hybridized carbons (Fsp3) is 0.214. The lowest BCUT2D eigenvalue weighted by Crippen LogP contribution is -2.26. The van der Waals surface area contributed by atoms with Crippen LogP contribution in [0.1, 0.15) is 0 Å². The van der Waals surface area contributed by atoms with Crippen molar-refractivity contribution in [3.63, 3.8) is 0 Å². The molecule has 7 heteroatoms. The molecule has 0 aliphatic heterocycles. The van der Waals surface area contributed by atoms with Gasteiger partial charge < -0.3 is 14.6 Å². The van der Waals surface area contributed by atoms with Crippen molar-refractivity contribution < 1.29 is 9.21 Å². The third kappa shape index (κ3) is 2.86. The molecule has 108 valence electrons. The number of hydrogen-bond donors (Lipinski definition) is 1. The van der Waals surface area contributed by atoms with Gasteiger partial charge in [-0.1, -0.05) is 12.1 Å². The minimum Gasteiger partial charge on any atom is -0.423 e. The second kappa shape index (κ2) is 5.28. The van der Waals surface area contributed by atoms with Crippen molar-refractivity contribution in [2.75, 3.05) is 19.4 Å². The number of fused-ring (bicyclic) bond motifs is 1. The van der Waals surface area contributed by atoms with Crippen molar-refractivity contribution >= 4 is 28.7 Å². The first-order valence-electron chi connectivity index (χ1n) is 6.47. The van der Waals surface area contributed by atoms with Gasteiger partial charge in [-0.2, -0.15) is 10.1 Å². The number of nitrogens with one attached hydrogen (secondary N) is 1. The molecular weight excluding hydrogens is 270 g/mol. The van der Waals surface area contributed by atoms with E-state index in [1.807, 2.05) is 24.3 Å². The second-order valence-electron chi connectivity index (χ2n) is 4.83. The van der Waals surface area contributed by atoms with Crippen LogP contribution in [0.3, 0.4) is 0 Å². The molecule has 0 atom stereocenters. The molecule has 21 heavy (non-hydrogen) atoms. The number of amides is 1. The van der Waals surface area contributed by atoms with Gasteiger partial charge in [-0.15, -0.1) is 0 Å². The molecule has 0 aliphatic rings. The highest BCUT2D eigenvalue weighted by Crippen LogP contribution is 2.21. The van der Waals surface area contributed by atoms with E-state index in [0.717, 1.165) is 11.1 Å². The van der Waals surface area contributed by atoms with E-state index < -0.39 is 0 Å². The Morgan fingerprint density at radius 3 is 2.95 bits per heavy atom. The summed E-state index contributed by atoms with van der Waals surface area (Å²) in [5.74, 6) is -0.0217. The third-order valence-electron chi connectivity index (χ3n) is 2.97. The normalized spacial score (nSPS) is 10.8. The number of nitrogens with zero attached hydrogens (tertiary/aromatic N) is 4. The molecule has 2 heterocycles. The summed E-state index contributed by atoms with van der Waals surface area (Å²) in [5, 5.41) is 7.16. The van der Waals surface area contributed by atoms with Crippen LogP contribution in [0.5, 0.6) is 0 Å². The van der Waals surface area contributed by atoms with Crippen LogP contribution in [0.2, 0.25) is 0 Å². The first kappa shape index (κ1) is 13.2. The lowest BCUT2D eigenvalue weighted by atomic mass is 10.3. The van der Waals surface area contributed by atoms with E-state index in [2.05, 4.69) is 15.4 Å². The average Bonchev–Trinajstić information content (AvgIpc) is 3.05. The van der Waals surface area contributed by atoms with Crippen molar-refractivity contribution in [3.05, 3.63) is 36.7 Å². The number of hydrogen-bond acceptors (Lipinski definition) is 5. The van der Waals surface area contributed by atoms with Crippen molar-refractivity contribution in [1.29, 1.82) is 0 Å². The van der Waals surface area contributed by atoms with Gasteiger partial charge >= 0.3 is 0 Å². The zero-order valence-corrected chi connectivity index (χ0v) is 11.8. The molecule has 0 saturated carbocycles. The Bertz CT molecular complexity index is 741. The number of para-hydroxylation sites is 2. The maximum absolute atomic E-state index is 11.6. The highest BCUT2D eigenvalue weighted by molar-refractivity contribution is 5.76. The Kier molecular flexibility index (Phi) is 3.31. The third-order valence-corrected chi connectivity index (χ3v) is 2.97. The van der Waals surface area contributed by atoms with Crippen LogP contribution >= 0.6 is 0 Å². The lowest BCUT2D eigenvalue weighted by Gasteiger charge is -2.09. The first-order chi connectivity index (χ1) is 10.1. The van der Waals surface area contributed by atoms with Crippen LogP contribution in [0.25, 0.3) is 11.1 Å². The summed E-state index contributed by atoms with van der Waals surface area (Å²) < 4.78 is 7.13. The largest absolute Gasteiger partial charge is 0.423 e. The van der Waals surface area contributed by atoms with Crippen LogP contribution in [-0.4, -0.2) is 39.7 Å². The molecule has 0 aliphatic carbocycles. The Labute approximate surface area is 121 Å². The number of likely N-dealkylation sites (N-methyl/N-ethyl adjacent to an activating group) is 1. The van der Waals surface area contributed by atoms with Crippen LogP contribution < -0.4 is 5.32 Å². The SMILES string of the molecule is CN(C)C(=O)Cn1cc(Nc2nc3ccccc3o2)cn1. The second-order valence-corrected chi connectivity index (χ2v) is 4.83. The molecule has 1 aromatic carbocycles. The van der Waals surface area contributed by atoms with E-state index >= 15 is 0 Å².